The van der Waals surface area contributed by atoms with Gasteiger partial charge in [-0.05, 0) is 0 Å². The van der Waals surface area contributed by atoms with Gasteiger partial charge in [-0.25, -0.2) is 4.79 Å². The van der Waals surface area contributed by atoms with Crippen LogP contribution in [-0.4, -0.2) is 98.4 Å². The number of hydrogen-bond acceptors (Lipinski definition) is 11. The average Bonchev–Trinajstić information content (AvgIpc) is 2.83. The lowest BCUT2D eigenvalue weighted by Gasteiger charge is -1.95. The molecule has 0 aromatic heterocycles. The first-order chi connectivity index (χ1) is 15.4. The maximum absolute atomic E-state index is 10.4. The highest BCUT2D eigenvalue weighted by Gasteiger charge is 2.07. The summed E-state index contributed by atoms with van der Waals surface area (Å²) < 4.78 is 16.8. The summed E-state index contributed by atoms with van der Waals surface area (Å²) in [6, 6.07) is -0.157. The zero-order valence-corrected chi connectivity index (χ0v) is 20.1. The predicted molar refractivity (Wildman–Crippen MR) is 154 cm³/mol. The van der Waals surface area contributed by atoms with Crippen LogP contribution in [0.25, 0.3) is 0 Å². The van der Waals surface area contributed by atoms with Crippen LogP contribution in [0.5, 0.6) is 0 Å². The number of ether oxygens (including phenoxy) is 4. The van der Waals surface area contributed by atoms with E-state index in [0.717, 1.165) is 0 Å². The highest BCUT2D eigenvalue weighted by Crippen LogP contribution is 1.85. The van der Waals surface area contributed by atoms with E-state index in [9.17, 15) is 33.6 Å². The van der Waals surface area contributed by atoms with Gasteiger partial charge >= 0.3 is 29.9 Å². The Morgan fingerprint density at radius 1 is 0.410 bits per heavy atom. The van der Waals surface area contributed by atoms with Crippen molar-refractivity contribution in [2.75, 3.05) is 56.6 Å². The summed E-state index contributed by atoms with van der Waals surface area (Å²) in [5, 5.41) is 9.31. The van der Waals surface area contributed by atoms with Crippen LogP contribution in [0, 0.1) is 0 Å². The van der Waals surface area contributed by atoms with E-state index in [-0.39, 0.29) is 81.7 Å². The van der Waals surface area contributed by atoms with Gasteiger partial charge in [0.15, 0.2) is 0 Å². The molecular formula is C24H58N4O11. The van der Waals surface area contributed by atoms with E-state index in [0.29, 0.717) is 0 Å². The SMILES string of the molecule is C.C.C.C.C.C.CNC(=O)CC(=O)OC.CNC(=O)CC(=O)OC.CNC(=O)NC.COC(=O)CC(=O)OC. The van der Waals surface area contributed by atoms with E-state index in [2.05, 4.69) is 40.2 Å². The van der Waals surface area contributed by atoms with Gasteiger partial charge in [-0.1, -0.05) is 44.6 Å². The zero-order chi connectivity index (χ0) is 26.8. The Labute approximate surface area is 236 Å². The highest BCUT2D eigenvalue weighted by molar-refractivity contribution is 5.94. The van der Waals surface area contributed by atoms with Gasteiger partial charge in [-0.15, -0.1) is 0 Å². The van der Waals surface area contributed by atoms with Crippen LogP contribution in [0.4, 0.5) is 4.79 Å². The fourth-order valence-electron chi connectivity index (χ4n) is 0.970. The molecule has 0 aliphatic carbocycles. The third-order valence-corrected chi connectivity index (χ3v) is 2.82. The minimum atomic E-state index is -0.582. The van der Waals surface area contributed by atoms with Gasteiger partial charge in [0.25, 0.3) is 0 Å². The molecule has 0 unspecified atom stereocenters. The van der Waals surface area contributed by atoms with Crippen LogP contribution in [0.3, 0.4) is 0 Å². The smallest absolute Gasteiger partial charge is 0.316 e. The summed E-state index contributed by atoms with van der Waals surface area (Å²) in [7, 11) is 11.0. The van der Waals surface area contributed by atoms with Gasteiger partial charge in [-0.3, -0.25) is 28.8 Å². The number of esters is 4. The first-order valence-electron chi connectivity index (χ1n) is 9.00. The molecule has 0 aromatic rings. The minimum absolute atomic E-state index is 0. The van der Waals surface area contributed by atoms with Crippen molar-refractivity contribution in [2.24, 2.45) is 0 Å². The van der Waals surface area contributed by atoms with Gasteiger partial charge in [0.2, 0.25) is 11.8 Å². The standard InChI is InChI=1S/2C5H9NO3.C5H8O4.C3H8N2O.6CH4/c2*1-6-4(7)3-5(8)9-2;1-8-4(6)3-5(7)9-2;1-4-3(6)5-2;;;;;;/h2*3H2,1-2H3,(H,6,7);3H2,1-2H3;1-2H3,(H2,4,5,6);6*1H4. The summed E-state index contributed by atoms with van der Waals surface area (Å²) in [5.41, 5.74) is 0. The lowest BCUT2D eigenvalue weighted by molar-refractivity contribution is -0.151. The minimum Gasteiger partial charge on any atom is -0.469 e. The van der Waals surface area contributed by atoms with Crippen molar-refractivity contribution >= 4 is 41.7 Å². The van der Waals surface area contributed by atoms with Crippen LogP contribution in [0.1, 0.15) is 63.8 Å². The van der Waals surface area contributed by atoms with Crippen molar-refractivity contribution in [3.8, 4) is 0 Å². The second-order valence-corrected chi connectivity index (χ2v) is 5.01. The molecule has 0 saturated carbocycles. The van der Waals surface area contributed by atoms with Gasteiger partial charge in [0, 0.05) is 28.2 Å². The quantitative estimate of drug-likeness (QED) is 0.203. The predicted octanol–water partition coefficient (Wildman–Crippen LogP) is 1.68. The lowest BCUT2D eigenvalue weighted by Crippen LogP contribution is -2.28. The summed E-state index contributed by atoms with van der Waals surface area (Å²) in [6.45, 7) is 0. The molecule has 0 heterocycles. The van der Waals surface area contributed by atoms with Crippen molar-refractivity contribution in [1.82, 2.24) is 21.3 Å². The van der Waals surface area contributed by atoms with Crippen LogP contribution in [0.15, 0.2) is 0 Å². The molecule has 0 atom stereocenters. The molecule has 240 valence electrons. The maximum Gasteiger partial charge on any atom is 0.316 e. The summed E-state index contributed by atoms with van der Waals surface area (Å²) >= 11 is 0. The normalized spacial score (nSPS) is 6.77. The third-order valence-electron chi connectivity index (χ3n) is 2.82. The number of rotatable bonds is 6. The molecule has 15 heteroatoms. The average molecular weight is 579 g/mol. The van der Waals surface area contributed by atoms with E-state index in [4.69, 9.17) is 0 Å². The number of hydrogen-bond donors (Lipinski definition) is 4. The number of carbonyl (C=O) groups excluding carboxylic acids is 7. The molecule has 0 fully saturated rings. The fourth-order valence-corrected chi connectivity index (χ4v) is 0.970. The number of carbonyl (C=O) groups is 7. The van der Waals surface area contributed by atoms with Crippen LogP contribution in [0.2, 0.25) is 0 Å². The Morgan fingerprint density at radius 3 is 0.744 bits per heavy atom. The van der Waals surface area contributed by atoms with E-state index in [1.807, 2.05) is 0 Å². The van der Waals surface area contributed by atoms with Crippen LogP contribution >= 0.6 is 0 Å². The molecule has 0 rings (SSSR count). The molecule has 0 aliphatic heterocycles. The molecule has 15 nitrogen and oxygen atoms in total. The first kappa shape index (κ1) is 64.8. The number of amides is 4. The fraction of sp³-hybridized carbons (Fsp3) is 0.708. The topological polar surface area (TPSA) is 205 Å². The van der Waals surface area contributed by atoms with Crippen molar-refractivity contribution in [3.05, 3.63) is 0 Å². The summed E-state index contributed by atoms with van der Waals surface area (Å²) in [4.78, 5) is 71.8. The largest absolute Gasteiger partial charge is 0.469 e. The molecule has 0 aliphatic rings. The molecule has 0 aromatic carbocycles. The molecule has 0 radical (unpaired) electrons. The van der Waals surface area contributed by atoms with Crippen LogP contribution in [-0.2, 0) is 47.7 Å². The molecular weight excluding hydrogens is 520 g/mol. The molecule has 4 amide bonds. The summed E-state index contributed by atoms with van der Waals surface area (Å²) in [5.74, 6) is -2.86. The lowest BCUT2D eigenvalue weighted by atomic mass is 10.4. The van der Waals surface area contributed by atoms with E-state index in [1.54, 1.807) is 14.1 Å². The maximum atomic E-state index is 10.4. The third kappa shape index (κ3) is 60.5. The van der Waals surface area contributed by atoms with Crippen LogP contribution < -0.4 is 21.3 Å². The molecule has 0 bridgehead atoms. The molecule has 0 spiro atoms. The Hall–Kier alpha value is -3.91. The Balaban J connectivity index is -0.0000000345. The van der Waals surface area contributed by atoms with E-state index in [1.165, 1.54) is 42.5 Å². The second kappa shape index (κ2) is 47.3. The number of nitrogens with one attached hydrogen (secondary N) is 4. The van der Waals surface area contributed by atoms with Gasteiger partial charge in [0.05, 0.1) is 28.4 Å². The molecule has 0 saturated heterocycles. The Bertz CT molecular complexity index is 510. The second-order valence-electron chi connectivity index (χ2n) is 5.01. The van der Waals surface area contributed by atoms with Crippen molar-refractivity contribution in [2.45, 2.75) is 63.8 Å². The van der Waals surface area contributed by atoms with Gasteiger partial charge in [0.1, 0.15) is 19.3 Å². The Morgan fingerprint density at radius 2 is 0.615 bits per heavy atom. The first-order valence-corrected chi connectivity index (χ1v) is 9.00. The summed E-state index contributed by atoms with van der Waals surface area (Å²) in [6.07, 6.45) is -0.715. The monoisotopic (exact) mass is 578 g/mol. The van der Waals surface area contributed by atoms with Crippen molar-refractivity contribution in [3.63, 3.8) is 0 Å². The molecule has 39 heavy (non-hydrogen) atoms. The number of methoxy groups -OCH3 is 4. The van der Waals surface area contributed by atoms with Gasteiger partial charge < -0.3 is 40.2 Å². The zero-order valence-electron chi connectivity index (χ0n) is 20.1. The molecule has 4 N–H and O–H groups in total. The Kier molecular flexibility index (Phi) is 78.6. The van der Waals surface area contributed by atoms with Crippen molar-refractivity contribution in [1.29, 1.82) is 0 Å². The van der Waals surface area contributed by atoms with E-state index < -0.39 is 23.9 Å². The van der Waals surface area contributed by atoms with Gasteiger partial charge in [-0.2, -0.15) is 0 Å². The highest BCUT2D eigenvalue weighted by atomic mass is 16.5. The van der Waals surface area contributed by atoms with E-state index >= 15 is 0 Å². The van der Waals surface area contributed by atoms with Crippen molar-refractivity contribution < 1.29 is 52.5 Å². The number of urea groups is 1.